The molecule has 18 heavy (non-hydrogen) atoms. The molecule has 0 amide bonds. The molecule has 1 spiro atoms. The van der Waals surface area contributed by atoms with Gasteiger partial charge in [0.25, 0.3) is 0 Å². The lowest BCUT2D eigenvalue weighted by molar-refractivity contribution is -0.139. The minimum absolute atomic E-state index is 0.0284. The molecule has 98 valence electrons. The number of thioether (sulfide) groups is 1. The Morgan fingerprint density at radius 2 is 1.94 bits per heavy atom. The van der Waals surface area contributed by atoms with Gasteiger partial charge in [0, 0.05) is 15.9 Å². The summed E-state index contributed by atoms with van der Waals surface area (Å²) in [5, 5.41) is 0. The Hall–Kier alpha value is -0.840. The summed E-state index contributed by atoms with van der Waals surface area (Å²) in [6.45, 7) is 0.398. The van der Waals surface area contributed by atoms with Crippen LogP contribution in [-0.2, 0) is 11.6 Å². The van der Waals surface area contributed by atoms with Gasteiger partial charge in [0.1, 0.15) is 5.75 Å². The Kier molecular flexibility index (Phi) is 2.59. The van der Waals surface area contributed by atoms with Gasteiger partial charge in [-0.25, -0.2) is 0 Å². The number of hydrogen-bond donors (Lipinski definition) is 0. The summed E-state index contributed by atoms with van der Waals surface area (Å²) in [5.74, 6) is 0.0732. The SMILES string of the molecule is CSc1cc(C(F)(F)F)c2c(c1)C1(CCO2)CC1. The normalized spacial score (nSPS) is 20.4. The molecule has 3 rings (SSSR count). The molecule has 1 heterocycles. The zero-order valence-electron chi connectivity index (χ0n) is 9.93. The molecule has 0 N–H and O–H groups in total. The third-order valence-corrected chi connectivity index (χ3v) is 4.56. The van der Waals surface area contributed by atoms with E-state index in [1.807, 2.05) is 6.07 Å². The second-order valence-electron chi connectivity index (χ2n) is 4.93. The van der Waals surface area contributed by atoms with E-state index in [2.05, 4.69) is 0 Å². The van der Waals surface area contributed by atoms with Gasteiger partial charge in [-0.05, 0) is 37.7 Å². The van der Waals surface area contributed by atoms with Crippen LogP contribution in [0.25, 0.3) is 0 Å². The van der Waals surface area contributed by atoms with Gasteiger partial charge in [-0.3, -0.25) is 0 Å². The Labute approximate surface area is 108 Å². The van der Waals surface area contributed by atoms with Crippen LogP contribution < -0.4 is 4.74 Å². The molecule has 1 fully saturated rings. The smallest absolute Gasteiger partial charge is 0.420 e. The van der Waals surface area contributed by atoms with Gasteiger partial charge >= 0.3 is 6.18 Å². The fourth-order valence-corrected chi connectivity index (χ4v) is 3.10. The van der Waals surface area contributed by atoms with Crippen LogP contribution in [0.5, 0.6) is 5.75 Å². The lowest BCUT2D eigenvalue weighted by atomic mass is 9.88. The summed E-state index contributed by atoms with van der Waals surface area (Å²) in [6, 6.07) is 3.08. The monoisotopic (exact) mass is 274 g/mol. The Bertz CT molecular complexity index is 474. The molecular weight excluding hydrogens is 261 g/mol. The Morgan fingerprint density at radius 1 is 1.22 bits per heavy atom. The van der Waals surface area contributed by atoms with E-state index in [-0.39, 0.29) is 11.2 Å². The van der Waals surface area contributed by atoms with Crippen molar-refractivity contribution in [3.05, 3.63) is 23.3 Å². The minimum Gasteiger partial charge on any atom is -0.493 e. The Balaban J connectivity index is 2.21. The van der Waals surface area contributed by atoms with Gasteiger partial charge in [0.15, 0.2) is 0 Å². The molecule has 0 atom stereocenters. The molecule has 1 aromatic rings. The van der Waals surface area contributed by atoms with Crippen molar-refractivity contribution in [2.75, 3.05) is 12.9 Å². The van der Waals surface area contributed by atoms with Crippen molar-refractivity contribution in [1.82, 2.24) is 0 Å². The van der Waals surface area contributed by atoms with Gasteiger partial charge in [-0.1, -0.05) is 0 Å². The zero-order valence-corrected chi connectivity index (χ0v) is 10.8. The maximum atomic E-state index is 13.1. The highest BCUT2D eigenvalue weighted by Gasteiger charge is 2.50. The van der Waals surface area contributed by atoms with Crippen LogP contribution in [0.4, 0.5) is 13.2 Å². The number of halogens is 3. The van der Waals surface area contributed by atoms with Crippen LogP contribution in [0.15, 0.2) is 17.0 Å². The highest BCUT2D eigenvalue weighted by Crippen LogP contribution is 2.58. The summed E-state index contributed by atoms with van der Waals surface area (Å²) in [5.41, 5.74) is 0.127. The second-order valence-corrected chi connectivity index (χ2v) is 5.81. The van der Waals surface area contributed by atoms with Crippen LogP contribution in [0.1, 0.15) is 30.4 Å². The summed E-state index contributed by atoms with van der Waals surface area (Å²) >= 11 is 1.34. The van der Waals surface area contributed by atoms with Crippen LogP contribution in [0, 0.1) is 0 Å². The van der Waals surface area contributed by atoms with E-state index in [0.29, 0.717) is 11.5 Å². The van der Waals surface area contributed by atoms with E-state index in [0.717, 1.165) is 24.8 Å². The molecule has 1 aliphatic heterocycles. The lowest BCUT2D eigenvalue weighted by Gasteiger charge is -2.28. The van der Waals surface area contributed by atoms with Gasteiger partial charge in [-0.2, -0.15) is 13.2 Å². The molecule has 0 aromatic heterocycles. The summed E-state index contributed by atoms with van der Waals surface area (Å²) < 4.78 is 44.6. The lowest BCUT2D eigenvalue weighted by Crippen LogP contribution is -2.23. The highest BCUT2D eigenvalue weighted by atomic mass is 32.2. The number of rotatable bonds is 1. The van der Waals surface area contributed by atoms with Crippen molar-refractivity contribution in [3.8, 4) is 5.75 Å². The van der Waals surface area contributed by atoms with E-state index in [9.17, 15) is 13.2 Å². The predicted molar refractivity (Wildman–Crippen MR) is 64.2 cm³/mol. The number of hydrogen-bond acceptors (Lipinski definition) is 2. The molecule has 0 saturated heterocycles. The number of benzene rings is 1. The quantitative estimate of drug-likeness (QED) is 0.708. The number of fused-ring (bicyclic) bond motifs is 2. The van der Waals surface area contributed by atoms with Gasteiger partial charge in [0.2, 0.25) is 0 Å². The maximum Gasteiger partial charge on any atom is 0.420 e. The molecule has 0 unspecified atom stereocenters. The molecule has 0 radical (unpaired) electrons. The molecule has 1 nitrogen and oxygen atoms in total. The number of ether oxygens (including phenoxy) is 1. The molecule has 2 aliphatic rings. The molecule has 1 saturated carbocycles. The molecule has 1 aromatic carbocycles. The minimum atomic E-state index is -4.34. The standard InChI is InChI=1S/C13H13F3OS/c1-18-8-6-9-11(10(7-8)13(14,15)16)17-5-4-12(9)2-3-12/h6-7H,2-5H2,1H3. The summed E-state index contributed by atoms with van der Waals surface area (Å²) in [6.07, 6.45) is 0.264. The van der Waals surface area contributed by atoms with Gasteiger partial charge < -0.3 is 4.74 Å². The van der Waals surface area contributed by atoms with Crippen molar-refractivity contribution in [1.29, 1.82) is 0 Å². The van der Waals surface area contributed by atoms with E-state index in [4.69, 9.17) is 4.74 Å². The first-order valence-electron chi connectivity index (χ1n) is 5.89. The fourth-order valence-electron chi connectivity index (χ4n) is 2.63. The Morgan fingerprint density at radius 3 is 2.50 bits per heavy atom. The van der Waals surface area contributed by atoms with Crippen molar-refractivity contribution >= 4 is 11.8 Å². The van der Waals surface area contributed by atoms with E-state index >= 15 is 0 Å². The molecule has 5 heteroatoms. The van der Waals surface area contributed by atoms with Gasteiger partial charge in [-0.15, -0.1) is 11.8 Å². The third-order valence-electron chi connectivity index (χ3n) is 3.86. The first-order valence-corrected chi connectivity index (χ1v) is 7.11. The van der Waals surface area contributed by atoms with E-state index in [1.54, 1.807) is 6.26 Å². The highest BCUT2D eigenvalue weighted by molar-refractivity contribution is 7.98. The van der Waals surface area contributed by atoms with Crippen molar-refractivity contribution in [2.45, 2.75) is 35.7 Å². The third kappa shape index (κ3) is 1.79. The van der Waals surface area contributed by atoms with Crippen LogP contribution in [-0.4, -0.2) is 12.9 Å². The zero-order chi connectivity index (χ0) is 13.0. The van der Waals surface area contributed by atoms with Crippen LogP contribution in [0.3, 0.4) is 0 Å². The average molecular weight is 274 g/mol. The first-order chi connectivity index (χ1) is 8.46. The summed E-state index contributed by atoms with van der Waals surface area (Å²) in [4.78, 5) is 0.665. The predicted octanol–water partition coefficient (Wildman–Crippen LogP) is 4.24. The van der Waals surface area contributed by atoms with E-state index < -0.39 is 11.7 Å². The van der Waals surface area contributed by atoms with Crippen LogP contribution >= 0.6 is 11.8 Å². The fraction of sp³-hybridized carbons (Fsp3) is 0.538. The molecular formula is C13H13F3OS. The topological polar surface area (TPSA) is 9.23 Å². The van der Waals surface area contributed by atoms with Crippen molar-refractivity contribution in [2.24, 2.45) is 0 Å². The van der Waals surface area contributed by atoms with Crippen LogP contribution in [0.2, 0.25) is 0 Å². The molecule has 0 bridgehead atoms. The van der Waals surface area contributed by atoms with E-state index in [1.165, 1.54) is 17.8 Å². The number of alkyl halides is 3. The maximum absolute atomic E-state index is 13.1. The summed E-state index contributed by atoms with van der Waals surface area (Å²) in [7, 11) is 0. The van der Waals surface area contributed by atoms with Crippen molar-refractivity contribution in [3.63, 3.8) is 0 Å². The largest absolute Gasteiger partial charge is 0.493 e. The molecule has 1 aliphatic carbocycles. The second kappa shape index (κ2) is 3.83. The first kappa shape index (κ1) is 12.2. The average Bonchev–Trinajstić information content (AvgIpc) is 3.08. The van der Waals surface area contributed by atoms with Gasteiger partial charge in [0.05, 0.1) is 12.2 Å². The van der Waals surface area contributed by atoms with Crippen molar-refractivity contribution < 1.29 is 17.9 Å².